The van der Waals surface area contributed by atoms with Crippen LogP contribution in [0.4, 0.5) is 8.78 Å². The summed E-state index contributed by atoms with van der Waals surface area (Å²) in [5.74, 6) is -2.25. The van der Waals surface area contributed by atoms with E-state index in [-0.39, 0.29) is 27.4 Å². The predicted molar refractivity (Wildman–Crippen MR) is 78.4 cm³/mol. The Kier molecular flexibility index (Phi) is 3.54. The zero-order chi connectivity index (χ0) is 15.9. The number of aromatic nitrogens is 2. The quantitative estimate of drug-likeness (QED) is 0.723. The molecular weight excluding hydrogens is 314 g/mol. The molecule has 0 saturated heterocycles. The first kappa shape index (κ1) is 14.5. The molecule has 0 aliphatic rings. The Bertz CT molecular complexity index is 920. The molecule has 0 atom stereocenters. The minimum absolute atomic E-state index is 0.00131. The van der Waals surface area contributed by atoms with Crippen molar-refractivity contribution in [3.8, 4) is 11.5 Å². The molecule has 0 N–H and O–H groups in total. The minimum Gasteiger partial charge on any atom is -0.450 e. The van der Waals surface area contributed by atoms with Crippen molar-refractivity contribution in [2.75, 3.05) is 0 Å². The zero-order valence-corrected chi connectivity index (χ0v) is 12.1. The molecule has 0 saturated carbocycles. The van der Waals surface area contributed by atoms with Crippen molar-refractivity contribution in [1.29, 1.82) is 0 Å². The van der Waals surface area contributed by atoms with Gasteiger partial charge in [-0.05, 0) is 24.3 Å². The fourth-order valence-electron chi connectivity index (χ4n) is 2.00. The van der Waals surface area contributed by atoms with Gasteiger partial charge in [-0.25, -0.2) is 13.8 Å². The zero-order valence-electron chi connectivity index (χ0n) is 11.3. The van der Waals surface area contributed by atoms with E-state index in [2.05, 4.69) is 4.98 Å². The van der Waals surface area contributed by atoms with Crippen LogP contribution in [-0.4, -0.2) is 9.55 Å². The smallest absolute Gasteiger partial charge is 0.264 e. The van der Waals surface area contributed by atoms with Crippen molar-refractivity contribution >= 4 is 22.5 Å². The topological polar surface area (TPSA) is 44.1 Å². The van der Waals surface area contributed by atoms with Gasteiger partial charge in [0.05, 0.1) is 16.9 Å². The highest BCUT2D eigenvalue weighted by Gasteiger charge is 2.17. The summed E-state index contributed by atoms with van der Waals surface area (Å²) in [6, 6.07) is 6.65. The van der Waals surface area contributed by atoms with Gasteiger partial charge in [0.1, 0.15) is 5.39 Å². The lowest BCUT2D eigenvalue weighted by Gasteiger charge is -2.10. The molecule has 0 aliphatic carbocycles. The van der Waals surface area contributed by atoms with Gasteiger partial charge in [-0.15, -0.1) is 0 Å². The van der Waals surface area contributed by atoms with Crippen molar-refractivity contribution in [1.82, 2.24) is 9.55 Å². The van der Waals surface area contributed by atoms with Crippen molar-refractivity contribution in [3.63, 3.8) is 0 Å². The van der Waals surface area contributed by atoms with Gasteiger partial charge < -0.3 is 9.30 Å². The normalized spacial score (nSPS) is 10.9. The molecule has 0 radical (unpaired) electrons. The largest absolute Gasteiger partial charge is 0.450 e. The highest BCUT2D eigenvalue weighted by Crippen LogP contribution is 2.34. The third-order valence-corrected chi connectivity index (χ3v) is 3.42. The summed E-state index contributed by atoms with van der Waals surface area (Å²) in [5, 5.41) is -0.228. The number of halogens is 3. The molecule has 0 aliphatic heterocycles. The van der Waals surface area contributed by atoms with Crippen LogP contribution in [-0.2, 0) is 7.05 Å². The maximum atomic E-state index is 14.5. The van der Waals surface area contributed by atoms with E-state index in [0.29, 0.717) is 0 Å². The number of rotatable bonds is 2. The van der Waals surface area contributed by atoms with E-state index in [9.17, 15) is 13.6 Å². The molecule has 0 unspecified atom stereocenters. The lowest BCUT2D eigenvalue weighted by Crippen LogP contribution is -2.18. The van der Waals surface area contributed by atoms with Gasteiger partial charge in [0, 0.05) is 7.05 Å². The second kappa shape index (κ2) is 5.38. The van der Waals surface area contributed by atoms with Crippen LogP contribution in [0, 0.1) is 11.6 Å². The highest BCUT2D eigenvalue weighted by atomic mass is 35.5. The Morgan fingerprint density at radius 1 is 1.23 bits per heavy atom. The molecular formula is C15H9ClF2N2O2. The minimum atomic E-state index is -0.912. The molecule has 0 fully saturated rings. The Hall–Kier alpha value is -2.47. The molecule has 7 heteroatoms. The van der Waals surface area contributed by atoms with Crippen LogP contribution in [0.15, 0.2) is 41.5 Å². The summed E-state index contributed by atoms with van der Waals surface area (Å²) < 4.78 is 34.6. The first-order valence-corrected chi connectivity index (χ1v) is 6.62. The van der Waals surface area contributed by atoms with Gasteiger partial charge in [0.25, 0.3) is 5.56 Å². The molecule has 112 valence electrons. The number of benzene rings is 2. The summed E-state index contributed by atoms with van der Waals surface area (Å²) in [7, 11) is 1.45. The highest BCUT2D eigenvalue weighted by molar-refractivity contribution is 6.32. The molecule has 3 aromatic rings. The number of hydrogen-bond donors (Lipinski definition) is 0. The average Bonchev–Trinajstić information content (AvgIpc) is 2.49. The Morgan fingerprint density at radius 2 is 2.00 bits per heavy atom. The number of aryl methyl sites for hydroxylation is 1. The van der Waals surface area contributed by atoms with Crippen LogP contribution in [0.2, 0.25) is 5.02 Å². The van der Waals surface area contributed by atoms with Crippen molar-refractivity contribution in [3.05, 3.63) is 63.7 Å². The molecule has 0 bridgehead atoms. The van der Waals surface area contributed by atoms with Gasteiger partial charge in [0.15, 0.2) is 23.1 Å². The average molecular weight is 323 g/mol. The second-order valence-electron chi connectivity index (χ2n) is 4.59. The molecule has 3 rings (SSSR count). The van der Waals surface area contributed by atoms with Gasteiger partial charge >= 0.3 is 0 Å². The first-order valence-electron chi connectivity index (χ1n) is 6.24. The molecule has 0 spiro atoms. The van der Waals surface area contributed by atoms with E-state index in [4.69, 9.17) is 16.3 Å². The van der Waals surface area contributed by atoms with Crippen LogP contribution in [0.25, 0.3) is 10.9 Å². The van der Waals surface area contributed by atoms with E-state index in [1.165, 1.54) is 37.6 Å². The Labute approximate surface area is 128 Å². The summed E-state index contributed by atoms with van der Waals surface area (Å²) in [6.45, 7) is 0. The maximum Gasteiger partial charge on any atom is 0.264 e. The van der Waals surface area contributed by atoms with Gasteiger partial charge in [-0.2, -0.15) is 0 Å². The molecule has 4 nitrogen and oxygen atoms in total. The third kappa shape index (κ3) is 2.31. The summed E-state index contributed by atoms with van der Waals surface area (Å²) >= 11 is 5.84. The third-order valence-electron chi connectivity index (χ3n) is 3.12. The number of hydrogen-bond acceptors (Lipinski definition) is 3. The molecule has 1 aromatic heterocycles. The number of nitrogens with zero attached hydrogens (tertiary/aromatic N) is 2. The van der Waals surface area contributed by atoms with Crippen molar-refractivity contribution in [2.24, 2.45) is 7.05 Å². The van der Waals surface area contributed by atoms with Crippen LogP contribution >= 0.6 is 11.6 Å². The van der Waals surface area contributed by atoms with Crippen molar-refractivity contribution in [2.45, 2.75) is 0 Å². The Balaban J connectivity index is 2.19. The second-order valence-corrected chi connectivity index (χ2v) is 4.99. The molecule has 2 aromatic carbocycles. The van der Waals surface area contributed by atoms with Gasteiger partial charge in [0.2, 0.25) is 0 Å². The monoisotopic (exact) mass is 322 g/mol. The van der Waals surface area contributed by atoms with Crippen LogP contribution in [0.5, 0.6) is 11.5 Å². The van der Waals surface area contributed by atoms with Crippen LogP contribution in [0.1, 0.15) is 0 Å². The van der Waals surface area contributed by atoms with E-state index < -0.39 is 17.2 Å². The maximum absolute atomic E-state index is 14.5. The fourth-order valence-corrected chi connectivity index (χ4v) is 2.21. The summed E-state index contributed by atoms with van der Waals surface area (Å²) in [4.78, 5) is 16.0. The van der Waals surface area contributed by atoms with E-state index in [1.54, 1.807) is 0 Å². The fraction of sp³-hybridized carbons (Fsp3) is 0.0667. The molecule has 22 heavy (non-hydrogen) atoms. The summed E-state index contributed by atoms with van der Waals surface area (Å²) in [6.07, 6.45) is 1.29. The van der Waals surface area contributed by atoms with Crippen LogP contribution in [0.3, 0.4) is 0 Å². The molecule has 1 heterocycles. The number of para-hydroxylation sites is 1. The number of ether oxygens (including phenoxy) is 1. The van der Waals surface area contributed by atoms with Crippen molar-refractivity contribution < 1.29 is 13.5 Å². The SMILES string of the molecule is Cn1cnc2ccc(Oc3c(F)cccc3Cl)c(F)c2c1=O. The van der Waals surface area contributed by atoms with E-state index >= 15 is 0 Å². The first-order chi connectivity index (χ1) is 10.5. The molecule has 0 amide bonds. The van der Waals surface area contributed by atoms with E-state index in [1.807, 2.05) is 0 Å². The standard InChI is InChI=1S/C15H9ClF2N2O2/c1-20-7-19-10-5-6-11(13(18)12(10)15(20)21)22-14-8(16)3-2-4-9(14)17/h2-7H,1H3. The lowest BCUT2D eigenvalue weighted by molar-refractivity contribution is 0.417. The van der Waals surface area contributed by atoms with E-state index in [0.717, 1.165) is 10.6 Å². The predicted octanol–water partition coefficient (Wildman–Crippen LogP) is 3.66. The Morgan fingerprint density at radius 3 is 2.73 bits per heavy atom. The van der Waals surface area contributed by atoms with Gasteiger partial charge in [-0.3, -0.25) is 4.79 Å². The van der Waals surface area contributed by atoms with Crippen LogP contribution < -0.4 is 10.3 Å². The van der Waals surface area contributed by atoms with Gasteiger partial charge in [-0.1, -0.05) is 17.7 Å². The number of fused-ring (bicyclic) bond motifs is 1. The summed E-state index contributed by atoms with van der Waals surface area (Å²) in [5.41, 5.74) is -0.375. The lowest BCUT2D eigenvalue weighted by atomic mass is 10.2.